The normalized spacial score (nSPS) is 10.3. The highest BCUT2D eigenvalue weighted by molar-refractivity contribution is 9.13. The molecule has 1 N–H and O–H groups in total. The molecular weight excluding hydrogens is 396 g/mol. The first-order valence-corrected chi connectivity index (χ1v) is 8.40. The van der Waals surface area contributed by atoms with E-state index in [2.05, 4.69) is 37.2 Å². The van der Waals surface area contributed by atoms with Crippen molar-refractivity contribution in [3.05, 3.63) is 19.2 Å². The molecule has 1 aromatic rings. The van der Waals surface area contributed by atoms with Crippen LogP contribution < -0.4 is 5.32 Å². The Hall–Kier alpha value is -0.400. The van der Waals surface area contributed by atoms with E-state index < -0.39 is 0 Å². The van der Waals surface area contributed by atoms with E-state index in [4.69, 9.17) is 0 Å². The fourth-order valence-corrected chi connectivity index (χ4v) is 3.52. The lowest BCUT2D eigenvalue weighted by molar-refractivity contribution is -0.130. The third kappa shape index (κ3) is 4.89. The van der Waals surface area contributed by atoms with E-state index >= 15 is 0 Å². The average Bonchev–Trinajstić information content (AvgIpc) is 2.71. The quantitative estimate of drug-likeness (QED) is 0.780. The molecule has 0 saturated carbocycles. The summed E-state index contributed by atoms with van der Waals surface area (Å²) in [4.78, 5) is 26.0. The van der Waals surface area contributed by atoms with Crippen LogP contribution >= 0.6 is 43.2 Å². The Balaban J connectivity index is 2.41. The summed E-state index contributed by atoms with van der Waals surface area (Å²) in [6, 6.07) is 1.76. The van der Waals surface area contributed by atoms with Crippen molar-refractivity contribution in [3.8, 4) is 0 Å². The van der Waals surface area contributed by atoms with Gasteiger partial charge in [0, 0.05) is 30.5 Å². The molecule has 0 aromatic carbocycles. The zero-order valence-corrected chi connectivity index (χ0v) is 14.8. The van der Waals surface area contributed by atoms with Crippen LogP contribution in [0.3, 0.4) is 0 Å². The zero-order valence-electron chi connectivity index (χ0n) is 10.8. The molecule has 0 spiro atoms. The van der Waals surface area contributed by atoms with E-state index in [1.807, 2.05) is 13.8 Å². The van der Waals surface area contributed by atoms with Gasteiger partial charge in [-0.3, -0.25) is 9.59 Å². The van der Waals surface area contributed by atoms with Gasteiger partial charge in [-0.05, 0) is 51.8 Å². The smallest absolute Gasteiger partial charge is 0.261 e. The number of nitrogens with zero attached hydrogens (tertiary/aromatic N) is 1. The molecule has 106 valence electrons. The van der Waals surface area contributed by atoms with Crippen LogP contribution in [0.15, 0.2) is 14.3 Å². The highest BCUT2D eigenvalue weighted by Crippen LogP contribution is 2.32. The fraction of sp³-hybridized carbons (Fsp3) is 0.500. The predicted octanol–water partition coefficient (Wildman–Crippen LogP) is 3.26. The highest BCUT2D eigenvalue weighted by Gasteiger charge is 2.13. The van der Waals surface area contributed by atoms with Crippen LogP contribution in [0.2, 0.25) is 0 Å². The first-order valence-electron chi connectivity index (χ1n) is 6.00. The topological polar surface area (TPSA) is 49.4 Å². The summed E-state index contributed by atoms with van der Waals surface area (Å²) in [5.41, 5.74) is 0. The van der Waals surface area contributed by atoms with Crippen LogP contribution in [0.25, 0.3) is 0 Å². The van der Waals surface area contributed by atoms with Crippen molar-refractivity contribution in [1.82, 2.24) is 10.2 Å². The van der Waals surface area contributed by atoms with E-state index in [1.54, 1.807) is 11.0 Å². The summed E-state index contributed by atoms with van der Waals surface area (Å²) in [6.45, 7) is 5.66. The standard InChI is InChI=1S/C12H16Br2N2O2S/c1-3-16(4-2)10(17)5-6-15-12(18)9-7-8(13)11(14)19-9/h7H,3-6H2,1-2H3,(H,15,18). The number of halogens is 2. The summed E-state index contributed by atoms with van der Waals surface area (Å²) in [5, 5.41) is 2.76. The summed E-state index contributed by atoms with van der Waals surface area (Å²) >= 11 is 8.04. The number of carbonyl (C=O) groups is 2. The SMILES string of the molecule is CCN(CC)C(=O)CCNC(=O)c1cc(Br)c(Br)s1. The van der Waals surface area contributed by atoms with Crippen molar-refractivity contribution in [2.75, 3.05) is 19.6 Å². The Labute approximate surface area is 133 Å². The molecule has 2 amide bonds. The maximum absolute atomic E-state index is 11.8. The minimum Gasteiger partial charge on any atom is -0.351 e. The number of rotatable bonds is 6. The number of nitrogens with one attached hydrogen (secondary N) is 1. The van der Waals surface area contributed by atoms with Crippen LogP contribution in [0, 0.1) is 0 Å². The largest absolute Gasteiger partial charge is 0.351 e. The lowest BCUT2D eigenvalue weighted by atomic mass is 10.3. The van der Waals surface area contributed by atoms with Crippen LogP contribution in [-0.2, 0) is 4.79 Å². The number of carbonyl (C=O) groups excluding carboxylic acids is 2. The first kappa shape index (κ1) is 16.7. The maximum Gasteiger partial charge on any atom is 0.261 e. The molecule has 0 radical (unpaired) electrons. The molecule has 0 saturated heterocycles. The van der Waals surface area contributed by atoms with Gasteiger partial charge in [0.15, 0.2) is 0 Å². The number of amides is 2. The summed E-state index contributed by atoms with van der Waals surface area (Å²) in [7, 11) is 0. The molecule has 7 heteroatoms. The molecule has 1 rings (SSSR count). The minimum absolute atomic E-state index is 0.0684. The predicted molar refractivity (Wildman–Crippen MR) is 84.6 cm³/mol. The molecule has 0 bridgehead atoms. The second-order valence-electron chi connectivity index (χ2n) is 3.80. The summed E-state index contributed by atoms with van der Waals surface area (Å²) in [5.74, 6) is -0.0809. The van der Waals surface area contributed by atoms with E-state index in [9.17, 15) is 9.59 Å². The van der Waals surface area contributed by atoms with Gasteiger partial charge in [0.2, 0.25) is 5.91 Å². The molecule has 4 nitrogen and oxygen atoms in total. The molecule has 0 fully saturated rings. The third-order valence-corrected chi connectivity index (χ3v) is 5.86. The van der Waals surface area contributed by atoms with Crippen molar-refractivity contribution in [1.29, 1.82) is 0 Å². The summed E-state index contributed by atoms with van der Waals surface area (Å²) in [6.07, 6.45) is 0.334. The number of hydrogen-bond donors (Lipinski definition) is 1. The Morgan fingerprint density at radius 1 is 1.32 bits per heavy atom. The van der Waals surface area contributed by atoms with Crippen LogP contribution in [-0.4, -0.2) is 36.3 Å². The van der Waals surface area contributed by atoms with Gasteiger partial charge in [-0.2, -0.15) is 0 Å². The van der Waals surface area contributed by atoms with Crippen molar-refractivity contribution in [2.24, 2.45) is 0 Å². The molecule has 0 aliphatic rings. The Morgan fingerprint density at radius 3 is 2.42 bits per heavy atom. The van der Waals surface area contributed by atoms with Gasteiger partial charge < -0.3 is 10.2 Å². The maximum atomic E-state index is 11.8. The second-order valence-corrected chi connectivity index (χ2v) is 7.03. The van der Waals surface area contributed by atoms with Gasteiger partial charge >= 0.3 is 0 Å². The van der Waals surface area contributed by atoms with Crippen molar-refractivity contribution in [2.45, 2.75) is 20.3 Å². The van der Waals surface area contributed by atoms with Crippen molar-refractivity contribution < 1.29 is 9.59 Å². The Kier molecular flexibility index (Phi) is 7.02. The zero-order chi connectivity index (χ0) is 14.4. The molecule has 0 aliphatic carbocycles. The van der Waals surface area contributed by atoms with E-state index in [0.717, 1.165) is 8.26 Å². The molecule has 0 unspecified atom stereocenters. The lowest BCUT2D eigenvalue weighted by Gasteiger charge is -2.18. The highest BCUT2D eigenvalue weighted by atomic mass is 79.9. The summed E-state index contributed by atoms with van der Waals surface area (Å²) < 4.78 is 1.75. The number of thiophene rings is 1. The van der Waals surface area contributed by atoms with Crippen molar-refractivity contribution in [3.63, 3.8) is 0 Å². The van der Waals surface area contributed by atoms with Crippen LogP contribution in [0.1, 0.15) is 29.9 Å². The van der Waals surface area contributed by atoms with Crippen molar-refractivity contribution >= 4 is 55.0 Å². The molecule has 0 aliphatic heterocycles. The van der Waals surface area contributed by atoms with Gasteiger partial charge in [0.05, 0.1) is 8.66 Å². The minimum atomic E-state index is -0.149. The van der Waals surface area contributed by atoms with Gasteiger partial charge in [-0.25, -0.2) is 0 Å². The second kappa shape index (κ2) is 8.01. The molecular formula is C12H16Br2N2O2S. The number of hydrogen-bond acceptors (Lipinski definition) is 3. The molecule has 1 aromatic heterocycles. The lowest BCUT2D eigenvalue weighted by Crippen LogP contribution is -2.34. The molecule has 0 atom stereocenters. The van der Waals surface area contributed by atoms with Gasteiger partial charge in [-0.15, -0.1) is 11.3 Å². The average molecular weight is 412 g/mol. The van der Waals surface area contributed by atoms with E-state index in [0.29, 0.717) is 30.9 Å². The fourth-order valence-electron chi connectivity index (χ4n) is 1.56. The third-order valence-electron chi connectivity index (χ3n) is 2.61. The molecule has 1 heterocycles. The van der Waals surface area contributed by atoms with Crippen LogP contribution in [0.5, 0.6) is 0 Å². The van der Waals surface area contributed by atoms with Gasteiger partial charge in [0.1, 0.15) is 0 Å². The van der Waals surface area contributed by atoms with Gasteiger partial charge in [-0.1, -0.05) is 0 Å². The van der Waals surface area contributed by atoms with E-state index in [1.165, 1.54) is 11.3 Å². The monoisotopic (exact) mass is 410 g/mol. The van der Waals surface area contributed by atoms with E-state index in [-0.39, 0.29) is 11.8 Å². The van der Waals surface area contributed by atoms with Crippen LogP contribution in [0.4, 0.5) is 0 Å². The Bertz CT molecular complexity index is 439. The van der Waals surface area contributed by atoms with Gasteiger partial charge in [0.25, 0.3) is 5.91 Å². The first-order chi connectivity index (χ1) is 8.99. The Morgan fingerprint density at radius 2 is 1.95 bits per heavy atom. The molecule has 19 heavy (non-hydrogen) atoms.